The van der Waals surface area contributed by atoms with E-state index in [4.69, 9.17) is 4.42 Å². The number of carbonyl (C=O) groups is 4. The zero-order chi connectivity index (χ0) is 36.4. The lowest BCUT2D eigenvalue weighted by atomic mass is 9.90. The molecule has 1 unspecified atom stereocenters. The number of ether oxygens (including phenoxy) is 1. The van der Waals surface area contributed by atoms with Gasteiger partial charge in [-0.05, 0) is 125 Å². The third kappa shape index (κ3) is 12.6. The zero-order valence-corrected chi connectivity index (χ0v) is 29.5. The fourth-order valence-electron chi connectivity index (χ4n) is 4.57. The van der Waals surface area contributed by atoms with Crippen LogP contribution in [0, 0.1) is 53.3 Å². The van der Waals surface area contributed by atoms with Crippen LogP contribution in [0.1, 0.15) is 84.9 Å². The van der Waals surface area contributed by atoms with E-state index in [-0.39, 0.29) is 5.75 Å². The number of furan rings is 1. The van der Waals surface area contributed by atoms with Crippen molar-refractivity contribution >= 4 is 25.1 Å². The average Bonchev–Trinajstić information content (AvgIpc) is 3.57. The number of hydrogen-bond acceptors (Lipinski definition) is 6. The standard InChI is InChI=1S/C12H10O2.C12H16O.C9H14O.C8H7FO2/c1-9-2-4-10(5-3-9)12-7-6-11(8-13)14-12;1-7-8(2)10(4)12(6-13)11(5)9(7)3;1-4-5-8(2)6-9(3)7-10;1-11-8-3-2-6(5-10)4-7(8)9/h2-8H,1H3;6H,1-5H3;4,6-8H,1,5H2,2-3H3;2-5H,1H3/b;;9-6-;. The van der Waals surface area contributed by atoms with E-state index < -0.39 is 5.82 Å². The average molecular weight is 655 g/mol. The van der Waals surface area contributed by atoms with Gasteiger partial charge >= 0.3 is 0 Å². The van der Waals surface area contributed by atoms with Crippen LogP contribution in [0.4, 0.5) is 4.39 Å². The molecule has 0 spiro atoms. The molecule has 0 aliphatic heterocycles. The summed E-state index contributed by atoms with van der Waals surface area (Å²) in [6, 6.07) is 15.5. The van der Waals surface area contributed by atoms with Crippen molar-refractivity contribution in [3.05, 3.63) is 135 Å². The number of hydrogen-bond donors (Lipinski definition) is 0. The maximum Gasteiger partial charge on any atom is 0.185 e. The van der Waals surface area contributed by atoms with Crippen LogP contribution < -0.4 is 4.74 Å². The van der Waals surface area contributed by atoms with E-state index in [0.717, 1.165) is 58.6 Å². The number of methoxy groups -OCH3 is 1. The lowest BCUT2D eigenvalue weighted by molar-refractivity contribution is -0.104. The molecule has 1 atom stereocenters. The van der Waals surface area contributed by atoms with Gasteiger partial charge in [0.25, 0.3) is 0 Å². The third-order valence-electron chi connectivity index (χ3n) is 7.84. The second-order valence-electron chi connectivity index (χ2n) is 11.4. The van der Waals surface area contributed by atoms with E-state index in [1.54, 1.807) is 12.1 Å². The van der Waals surface area contributed by atoms with E-state index >= 15 is 0 Å². The maximum absolute atomic E-state index is 12.8. The number of carbonyl (C=O) groups excluding carboxylic acids is 4. The minimum Gasteiger partial charge on any atom is -0.494 e. The highest BCUT2D eigenvalue weighted by atomic mass is 19.1. The molecule has 4 aromatic rings. The summed E-state index contributed by atoms with van der Waals surface area (Å²) in [5.74, 6) is 1.16. The predicted octanol–water partition coefficient (Wildman–Crippen LogP) is 10.1. The van der Waals surface area contributed by atoms with Gasteiger partial charge < -0.3 is 9.15 Å². The van der Waals surface area contributed by atoms with Gasteiger partial charge in [-0.15, -0.1) is 6.58 Å². The molecule has 48 heavy (non-hydrogen) atoms. The Bertz CT molecular complexity index is 1680. The van der Waals surface area contributed by atoms with Crippen molar-refractivity contribution in [2.24, 2.45) is 5.92 Å². The van der Waals surface area contributed by atoms with E-state index in [1.807, 2.05) is 64.1 Å². The molecule has 0 bridgehead atoms. The van der Waals surface area contributed by atoms with Crippen LogP contribution in [0.3, 0.4) is 0 Å². The van der Waals surface area contributed by atoms with Gasteiger partial charge in [-0.2, -0.15) is 0 Å². The molecule has 1 heterocycles. The van der Waals surface area contributed by atoms with Crippen LogP contribution in [0.25, 0.3) is 11.3 Å². The summed E-state index contributed by atoms with van der Waals surface area (Å²) in [5, 5.41) is 0. The normalized spacial score (nSPS) is 10.8. The Hall–Kier alpha value is -5.17. The molecule has 0 radical (unpaired) electrons. The Morgan fingerprint density at radius 1 is 0.812 bits per heavy atom. The van der Waals surface area contributed by atoms with Crippen LogP contribution in [-0.4, -0.2) is 32.3 Å². The molecule has 0 fully saturated rings. The summed E-state index contributed by atoms with van der Waals surface area (Å²) in [6.07, 6.45) is 7.88. The van der Waals surface area contributed by atoms with Gasteiger partial charge in [0.05, 0.1) is 7.11 Å². The first-order valence-electron chi connectivity index (χ1n) is 15.5. The smallest absolute Gasteiger partial charge is 0.185 e. The van der Waals surface area contributed by atoms with Crippen molar-refractivity contribution in [1.29, 1.82) is 0 Å². The van der Waals surface area contributed by atoms with E-state index in [2.05, 4.69) is 39.0 Å². The Morgan fingerprint density at radius 3 is 1.83 bits per heavy atom. The second kappa shape index (κ2) is 20.9. The maximum atomic E-state index is 12.8. The van der Waals surface area contributed by atoms with Crippen molar-refractivity contribution in [1.82, 2.24) is 0 Å². The minimum absolute atomic E-state index is 0.149. The number of halogens is 1. The molecular weight excluding hydrogens is 607 g/mol. The summed E-state index contributed by atoms with van der Waals surface area (Å²) in [4.78, 5) is 41.6. The Balaban J connectivity index is 0.000000323. The molecule has 0 amide bonds. The quantitative estimate of drug-likeness (QED) is 0.101. The molecule has 1 aromatic heterocycles. The van der Waals surface area contributed by atoms with Crippen LogP contribution >= 0.6 is 0 Å². The topological polar surface area (TPSA) is 90.7 Å². The molecule has 0 aliphatic rings. The highest BCUT2D eigenvalue weighted by Crippen LogP contribution is 2.24. The first-order chi connectivity index (χ1) is 22.8. The first kappa shape index (κ1) is 40.9. The molecule has 4 rings (SSSR count). The van der Waals surface area contributed by atoms with Crippen LogP contribution in [0.15, 0.2) is 83.3 Å². The predicted molar refractivity (Wildman–Crippen MR) is 192 cm³/mol. The first-order valence-corrected chi connectivity index (χ1v) is 15.5. The lowest BCUT2D eigenvalue weighted by Gasteiger charge is -2.14. The van der Waals surface area contributed by atoms with Crippen molar-refractivity contribution in [2.45, 2.75) is 61.8 Å². The molecule has 3 aromatic carbocycles. The van der Waals surface area contributed by atoms with E-state index in [9.17, 15) is 23.6 Å². The van der Waals surface area contributed by atoms with Crippen molar-refractivity contribution in [3.63, 3.8) is 0 Å². The molecule has 0 N–H and O–H groups in total. The molecule has 6 nitrogen and oxygen atoms in total. The highest BCUT2D eigenvalue weighted by molar-refractivity contribution is 5.81. The summed E-state index contributed by atoms with van der Waals surface area (Å²) in [5.41, 5.74) is 10.2. The number of allylic oxidation sites excluding steroid dienone is 3. The van der Waals surface area contributed by atoms with Crippen molar-refractivity contribution < 1.29 is 32.7 Å². The lowest BCUT2D eigenvalue weighted by Crippen LogP contribution is -2.01. The van der Waals surface area contributed by atoms with Gasteiger partial charge in [0.1, 0.15) is 18.3 Å². The molecular formula is C41H47FO6. The minimum atomic E-state index is -0.517. The fourth-order valence-corrected chi connectivity index (χ4v) is 4.57. The Labute approximate surface area is 284 Å². The largest absolute Gasteiger partial charge is 0.494 e. The van der Waals surface area contributed by atoms with Crippen molar-refractivity contribution in [3.8, 4) is 17.1 Å². The summed E-state index contributed by atoms with van der Waals surface area (Å²) >= 11 is 0. The monoisotopic (exact) mass is 654 g/mol. The number of benzene rings is 3. The molecule has 254 valence electrons. The van der Waals surface area contributed by atoms with Crippen LogP contribution in [0.2, 0.25) is 0 Å². The fraction of sp³-hybridized carbons (Fsp3) is 0.268. The molecule has 0 aliphatic carbocycles. The van der Waals surface area contributed by atoms with Gasteiger partial charge in [-0.1, -0.05) is 48.9 Å². The van der Waals surface area contributed by atoms with E-state index in [1.165, 1.54) is 41.5 Å². The van der Waals surface area contributed by atoms with Gasteiger partial charge in [-0.3, -0.25) is 19.2 Å². The Kier molecular flexibility index (Phi) is 17.7. The third-order valence-corrected chi connectivity index (χ3v) is 7.84. The molecule has 0 saturated carbocycles. The summed E-state index contributed by atoms with van der Waals surface area (Å²) in [6.45, 7) is 19.8. The van der Waals surface area contributed by atoms with Gasteiger partial charge in [0.15, 0.2) is 29.9 Å². The number of rotatable bonds is 9. The van der Waals surface area contributed by atoms with Crippen molar-refractivity contribution in [2.75, 3.05) is 7.11 Å². The summed E-state index contributed by atoms with van der Waals surface area (Å²) < 4.78 is 22.7. The van der Waals surface area contributed by atoms with E-state index in [0.29, 0.717) is 29.8 Å². The van der Waals surface area contributed by atoms with Gasteiger partial charge in [0, 0.05) is 16.7 Å². The molecule has 0 saturated heterocycles. The van der Waals surface area contributed by atoms with Crippen LogP contribution in [0.5, 0.6) is 5.75 Å². The molecule has 7 heteroatoms. The number of aldehydes is 4. The SMILES string of the molecule is C=CCC(C)/C=C(/C)C=O.COc1ccc(C=O)cc1F.Cc1c(C)c(C)c(C=O)c(C)c1C.Cc1ccc(-c2ccc(C=O)o2)cc1. The van der Waals surface area contributed by atoms with Crippen LogP contribution in [-0.2, 0) is 4.79 Å². The van der Waals surface area contributed by atoms with Gasteiger partial charge in [0.2, 0.25) is 0 Å². The zero-order valence-electron chi connectivity index (χ0n) is 29.5. The Morgan fingerprint density at radius 2 is 1.40 bits per heavy atom. The van der Waals surface area contributed by atoms with Gasteiger partial charge in [-0.25, -0.2) is 4.39 Å². The summed E-state index contributed by atoms with van der Waals surface area (Å²) in [7, 11) is 1.37. The number of aryl methyl sites for hydroxylation is 1. The highest BCUT2D eigenvalue weighted by Gasteiger charge is 2.10. The second-order valence-corrected chi connectivity index (χ2v) is 11.4.